The fourth-order valence-electron chi connectivity index (χ4n) is 4.62. The lowest BCUT2D eigenvalue weighted by atomic mass is 9.73. The lowest BCUT2D eigenvalue weighted by molar-refractivity contribution is -0.177. The largest absolute Gasteiger partial charge is 0.456 e. The third kappa shape index (κ3) is 3.19. The van der Waals surface area contributed by atoms with Gasteiger partial charge in [-0.3, -0.25) is 0 Å². The van der Waals surface area contributed by atoms with E-state index in [9.17, 15) is 4.79 Å². The highest BCUT2D eigenvalue weighted by molar-refractivity contribution is 5.81. The lowest BCUT2D eigenvalue weighted by Gasteiger charge is -2.38. The first-order valence-electron chi connectivity index (χ1n) is 9.23. The zero-order valence-corrected chi connectivity index (χ0v) is 14.8. The summed E-state index contributed by atoms with van der Waals surface area (Å²) in [4.78, 5) is 12.0. The molecule has 2 aliphatic rings. The van der Waals surface area contributed by atoms with Gasteiger partial charge in [0.1, 0.15) is 12.2 Å². The highest BCUT2D eigenvalue weighted by Crippen LogP contribution is 2.53. The normalized spacial score (nSPS) is 25.8. The highest BCUT2D eigenvalue weighted by atomic mass is 16.6. The number of hydrogen-bond donors (Lipinski definition) is 0. The van der Waals surface area contributed by atoms with E-state index >= 15 is 0 Å². The summed E-state index contributed by atoms with van der Waals surface area (Å²) in [5, 5.41) is 0. The molecule has 1 heterocycles. The minimum Gasteiger partial charge on any atom is -0.456 e. The summed E-state index contributed by atoms with van der Waals surface area (Å²) in [7, 11) is 0. The first kappa shape index (κ1) is 17.0. The molecular formula is C23H24O3. The number of rotatable bonds is 6. The van der Waals surface area contributed by atoms with Crippen molar-refractivity contribution in [3.63, 3.8) is 0 Å². The van der Waals surface area contributed by atoms with Crippen LogP contribution in [-0.2, 0) is 27.1 Å². The predicted octanol–water partition coefficient (Wildman–Crippen LogP) is 3.97. The Balaban J connectivity index is 1.70. The van der Waals surface area contributed by atoms with Gasteiger partial charge in [-0.05, 0) is 30.4 Å². The van der Waals surface area contributed by atoms with Crippen molar-refractivity contribution in [2.24, 2.45) is 11.3 Å². The van der Waals surface area contributed by atoms with Crippen molar-refractivity contribution >= 4 is 5.97 Å². The molecule has 1 unspecified atom stereocenters. The SMILES string of the molecule is C=CC(=O)O[C@@H]1C2OC[C@@H]2CC1(Cc1ccccc1)Cc1ccccc1. The molecule has 1 aliphatic heterocycles. The number of benzene rings is 2. The number of esters is 1. The molecule has 0 spiro atoms. The van der Waals surface area contributed by atoms with Crippen molar-refractivity contribution in [2.75, 3.05) is 6.61 Å². The molecular weight excluding hydrogens is 324 g/mol. The highest BCUT2D eigenvalue weighted by Gasteiger charge is 2.59. The fourth-order valence-corrected chi connectivity index (χ4v) is 4.62. The van der Waals surface area contributed by atoms with Crippen LogP contribution < -0.4 is 0 Å². The van der Waals surface area contributed by atoms with Crippen molar-refractivity contribution in [1.29, 1.82) is 0 Å². The molecule has 0 N–H and O–H groups in total. The number of ether oxygens (including phenoxy) is 2. The Labute approximate surface area is 154 Å². The second-order valence-corrected chi connectivity index (χ2v) is 7.51. The van der Waals surface area contributed by atoms with Crippen molar-refractivity contribution in [2.45, 2.75) is 31.5 Å². The smallest absolute Gasteiger partial charge is 0.330 e. The molecule has 1 saturated carbocycles. The number of carbonyl (C=O) groups excluding carboxylic acids is 1. The van der Waals surface area contributed by atoms with Crippen LogP contribution in [0.3, 0.4) is 0 Å². The predicted molar refractivity (Wildman–Crippen MR) is 101 cm³/mol. The molecule has 3 heteroatoms. The van der Waals surface area contributed by atoms with Crippen LogP contribution in [0.25, 0.3) is 0 Å². The molecule has 2 aromatic rings. The molecule has 134 valence electrons. The van der Waals surface area contributed by atoms with E-state index in [0.717, 1.165) is 25.9 Å². The summed E-state index contributed by atoms with van der Waals surface area (Å²) in [6.45, 7) is 4.33. The van der Waals surface area contributed by atoms with Gasteiger partial charge in [0.2, 0.25) is 0 Å². The molecule has 0 bridgehead atoms. The van der Waals surface area contributed by atoms with Crippen LogP contribution in [0.15, 0.2) is 73.3 Å². The minimum absolute atomic E-state index is 0.00586. The molecule has 2 aromatic carbocycles. The third-order valence-corrected chi connectivity index (χ3v) is 5.75. The molecule has 3 atom stereocenters. The topological polar surface area (TPSA) is 35.5 Å². The Kier molecular flexibility index (Phi) is 4.64. The van der Waals surface area contributed by atoms with E-state index < -0.39 is 0 Å². The Morgan fingerprint density at radius 1 is 1.08 bits per heavy atom. The maximum Gasteiger partial charge on any atom is 0.330 e. The van der Waals surface area contributed by atoms with E-state index in [-0.39, 0.29) is 23.6 Å². The number of carbonyl (C=O) groups is 1. The van der Waals surface area contributed by atoms with Crippen LogP contribution in [0, 0.1) is 11.3 Å². The van der Waals surface area contributed by atoms with Crippen molar-refractivity contribution in [3.05, 3.63) is 84.4 Å². The molecule has 0 amide bonds. The molecule has 26 heavy (non-hydrogen) atoms. The van der Waals surface area contributed by atoms with E-state index in [0.29, 0.717) is 5.92 Å². The lowest BCUT2D eigenvalue weighted by Crippen LogP contribution is -2.47. The van der Waals surface area contributed by atoms with Gasteiger partial charge in [0.15, 0.2) is 0 Å². The van der Waals surface area contributed by atoms with E-state index in [1.54, 1.807) is 0 Å². The quantitative estimate of drug-likeness (QED) is 0.585. The molecule has 0 radical (unpaired) electrons. The Morgan fingerprint density at radius 2 is 1.65 bits per heavy atom. The van der Waals surface area contributed by atoms with Crippen LogP contribution in [-0.4, -0.2) is 24.8 Å². The van der Waals surface area contributed by atoms with Gasteiger partial charge in [-0.15, -0.1) is 0 Å². The molecule has 2 fully saturated rings. The van der Waals surface area contributed by atoms with Crippen LogP contribution in [0.5, 0.6) is 0 Å². The summed E-state index contributed by atoms with van der Waals surface area (Å²) >= 11 is 0. The van der Waals surface area contributed by atoms with Gasteiger partial charge in [-0.1, -0.05) is 67.2 Å². The molecule has 3 nitrogen and oxygen atoms in total. The van der Waals surface area contributed by atoms with Crippen LogP contribution >= 0.6 is 0 Å². The van der Waals surface area contributed by atoms with Gasteiger partial charge in [0, 0.05) is 17.4 Å². The maximum atomic E-state index is 12.0. The van der Waals surface area contributed by atoms with Crippen molar-refractivity contribution in [3.8, 4) is 0 Å². The maximum absolute atomic E-state index is 12.0. The van der Waals surface area contributed by atoms with Crippen molar-refractivity contribution in [1.82, 2.24) is 0 Å². The van der Waals surface area contributed by atoms with Gasteiger partial charge < -0.3 is 9.47 Å². The summed E-state index contributed by atoms with van der Waals surface area (Å²) in [5.74, 6) is 0.0988. The summed E-state index contributed by atoms with van der Waals surface area (Å²) in [6, 6.07) is 20.9. The second-order valence-electron chi connectivity index (χ2n) is 7.51. The summed E-state index contributed by atoms with van der Waals surface area (Å²) in [6.07, 6.45) is 3.76. The van der Waals surface area contributed by atoms with Crippen LogP contribution in [0.4, 0.5) is 0 Å². The average Bonchev–Trinajstić information content (AvgIpc) is 2.84. The van der Waals surface area contributed by atoms with Gasteiger partial charge in [0.05, 0.1) is 6.61 Å². The zero-order valence-electron chi connectivity index (χ0n) is 14.8. The summed E-state index contributed by atoms with van der Waals surface area (Å²) in [5.41, 5.74) is 2.38. The van der Waals surface area contributed by atoms with Crippen LogP contribution in [0.1, 0.15) is 17.5 Å². The molecule has 1 saturated heterocycles. The Bertz CT molecular complexity index is 727. The number of fused-ring (bicyclic) bond motifs is 1. The Hall–Kier alpha value is -2.39. The van der Waals surface area contributed by atoms with E-state index in [4.69, 9.17) is 9.47 Å². The van der Waals surface area contributed by atoms with E-state index in [2.05, 4.69) is 55.1 Å². The molecule has 1 aliphatic carbocycles. The second kappa shape index (κ2) is 7.08. The monoisotopic (exact) mass is 348 g/mol. The van der Waals surface area contributed by atoms with Gasteiger partial charge in [-0.2, -0.15) is 0 Å². The minimum atomic E-state index is -0.364. The van der Waals surface area contributed by atoms with Crippen molar-refractivity contribution < 1.29 is 14.3 Å². The average molecular weight is 348 g/mol. The first-order valence-corrected chi connectivity index (χ1v) is 9.23. The third-order valence-electron chi connectivity index (χ3n) is 5.75. The van der Waals surface area contributed by atoms with Gasteiger partial charge in [-0.25, -0.2) is 4.79 Å². The standard InChI is InChI=1S/C23H24O3/c1-2-20(24)26-22-21-19(16-25-21)15-23(22,13-17-9-5-3-6-10-17)14-18-11-7-4-8-12-18/h2-12,19,21-22H,1,13-16H2/t19-,21?,22+/m0/s1. The number of hydrogen-bond acceptors (Lipinski definition) is 3. The zero-order chi connectivity index (χ0) is 18.0. The van der Waals surface area contributed by atoms with E-state index in [1.807, 2.05) is 12.1 Å². The molecule has 0 aromatic heterocycles. The van der Waals surface area contributed by atoms with Gasteiger partial charge in [0.25, 0.3) is 0 Å². The molecule has 4 rings (SSSR count). The summed E-state index contributed by atoms with van der Waals surface area (Å²) < 4.78 is 11.7. The van der Waals surface area contributed by atoms with Gasteiger partial charge >= 0.3 is 5.97 Å². The Morgan fingerprint density at radius 3 is 2.12 bits per heavy atom. The van der Waals surface area contributed by atoms with E-state index in [1.165, 1.54) is 17.2 Å². The fraction of sp³-hybridized carbons (Fsp3) is 0.348. The van der Waals surface area contributed by atoms with Crippen LogP contribution in [0.2, 0.25) is 0 Å². The first-order chi connectivity index (χ1) is 12.7.